The number of alkyl carbamates (subject to hydrolysis) is 1. The second-order valence-electron chi connectivity index (χ2n) is 17.0. The van der Waals surface area contributed by atoms with Crippen molar-refractivity contribution in [3.8, 4) is 0 Å². The lowest BCUT2D eigenvalue weighted by molar-refractivity contribution is -0.0588. The van der Waals surface area contributed by atoms with E-state index in [1.165, 1.54) is 55.7 Å². The molecule has 0 spiro atoms. The fourth-order valence-corrected chi connectivity index (χ4v) is 11.4. The molecule has 0 aromatic heterocycles. The average molecular weight is 864 g/mol. The van der Waals surface area contributed by atoms with Gasteiger partial charge < -0.3 is 35.0 Å². The number of likely N-dealkylation sites (tertiary alicyclic amines) is 2. The number of aliphatic hydroxyl groups excluding tert-OH is 1. The molecule has 15 heteroatoms. The number of hydrogen-bond donors (Lipinski definition) is 3. The first-order valence-electron chi connectivity index (χ1n) is 21.5. The van der Waals surface area contributed by atoms with Gasteiger partial charge in [0.2, 0.25) is 9.84 Å². The number of alkyl halides is 1. The first-order valence-corrected chi connectivity index (χ1v) is 23.0. The molecule has 2 amide bonds. The highest BCUT2D eigenvalue weighted by molar-refractivity contribution is 7.91. The Morgan fingerprint density at radius 1 is 0.951 bits per heavy atom. The quantitative estimate of drug-likeness (QED) is 0.114. The molecule has 12 nitrogen and oxygen atoms in total. The molecule has 3 aliphatic heterocycles. The highest BCUT2D eigenvalue weighted by Gasteiger charge is 2.54. The Hall–Kier alpha value is -4.41. The number of carbonyl (C=O) groups excluding carboxylic acids is 2. The monoisotopic (exact) mass is 863 g/mol. The number of rotatable bonds is 17. The molecule has 330 valence electrons. The molecule has 3 heterocycles. The third-order valence-corrected chi connectivity index (χ3v) is 14.9. The minimum absolute atomic E-state index is 0.0275. The van der Waals surface area contributed by atoms with E-state index in [4.69, 9.17) is 9.47 Å². The van der Waals surface area contributed by atoms with E-state index in [9.17, 15) is 23.1 Å². The molecule has 3 aromatic rings. The number of hydrogen-bond acceptors (Lipinski definition) is 10. The highest BCUT2D eigenvalue weighted by atomic mass is 32.2. The van der Waals surface area contributed by atoms with Crippen LogP contribution in [-0.4, -0.2) is 126 Å². The van der Waals surface area contributed by atoms with Gasteiger partial charge >= 0.3 is 6.09 Å². The van der Waals surface area contributed by atoms with Crippen LogP contribution in [0.15, 0.2) is 94.7 Å². The minimum Gasteiger partial charge on any atom is -0.453 e. The number of ether oxygens (including phenoxy) is 2. The first kappa shape index (κ1) is 44.6. The molecule has 61 heavy (non-hydrogen) atoms. The first-order chi connectivity index (χ1) is 29.3. The topological polar surface area (TPSA) is 141 Å². The summed E-state index contributed by atoms with van der Waals surface area (Å²) in [5.41, 5.74) is 0.0408. The molecule has 0 bridgehead atoms. The number of aliphatic hydroxyl groups is 1. The van der Waals surface area contributed by atoms with Crippen molar-refractivity contribution in [3.05, 3.63) is 102 Å². The van der Waals surface area contributed by atoms with Crippen LogP contribution >= 0.6 is 0 Å². The molecule has 4 aliphatic rings. The molecule has 2 unspecified atom stereocenters. The lowest BCUT2D eigenvalue weighted by atomic mass is 9.57. The molecule has 1 saturated carbocycles. The van der Waals surface area contributed by atoms with Gasteiger partial charge in [-0.1, -0.05) is 30.7 Å². The van der Waals surface area contributed by atoms with Crippen LogP contribution in [0.4, 0.5) is 19.3 Å². The number of piperidine rings is 1. The van der Waals surface area contributed by atoms with Gasteiger partial charge in [-0.05, 0) is 143 Å². The predicted octanol–water partition coefficient (Wildman–Crippen LogP) is 5.71. The van der Waals surface area contributed by atoms with Crippen LogP contribution in [0, 0.1) is 17.7 Å². The Morgan fingerprint density at radius 2 is 1.69 bits per heavy atom. The van der Waals surface area contributed by atoms with Crippen molar-refractivity contribution in [2.24, 2.45) is 11.8 Å². The number of methoxy groups -OCH3 is 1. The molecule has 3 N–H and O–H groups in total. The second-order valence-corrected chi connectivity index (χ2v) is 19.0. The maximum atomic E-state index is 16.4. The summed E-state index contributed by atoms with van der Waals surface area (Å²) in [6.07, 6.45) is 6.94. The SMILES string of the molecule is CCOC(O)/C=C/CNC(=O)c1cccc(S(=O)(=O)c2ccc(N3CC(F)(CN4CCC(C(CN5CCC5)(c5cccc(F)c5)[C@H]5CCC[C@@H]5NC(=O)OC)CC4)C3)cc2)c1. The van der Waals surface area contributed by atoms with Gasteiger partial charge in [-0.15, -0.1) is 0 Å². The fourth-order valence-electron chi connectivity index (χ4n) is 10.1. The number of carbonyl (C=O) groups is 2. The Morgan fingerprint density at radius 3 is 2.36 bits per heavy atom. The van der Waals surface area contributed by atoms with E-state index in [0.29, 0.717) is 19.7 Å². The summed E-state index contributed by atoms with van der Waals surface area (Å²) in [5.74, 6) is -0.436. The molecule has 0 radical (unpaired) electrons. The number of nitrogens with one attached hydrogen (secondary N) is 2. The zero-order valence-corrected chi connectivity index (χ0v) is 35.9. The average Bonchev–Trinajstić information content (AvgIpc) is 3.70. The third-order valence-electron chi connectivity index (χ3n) is 13.2. The summed E-state index contributed by atoms with van der Waals surface area (Å²) in [6.45, 7) is 7.05. The lowest BCUT2D eigenvalue weighted by Gasteiger charge is -2.54. The van der Waals surface area contributed by atoms with Crippen molar-refractivity contribution in [2.75, 3.05) is 77.5 Å². The van der Waals surface area contributed by atoms with Gasteiger partial charge in [0.15, 0.2) is 12.0 Å². The molecule has 7 rings (SSSR count). The van der Waals surface area contributed by atoms with Gasteiger partial charge in [-0.25, -0.2) is 22.0 Å². The molecule has 4 fully saturated rings. The molecule has 1 aliphatic carbocycles. The summed E-state index contributed by atoms with van der Waals surface area (Å²) < 4.78 is 68.6. The maximum Gasteiger partial charge on any atom is 0.407 e. The number of amides is 2. The number of nitrogens with zero attached hydrogens (tertiary/aromatic N) is 3. The zero-order chi connectivity index (χ0) is 43.2. The van der Waals surface area contributed by atoms with Crippen LogP contribution in [0.2, 0.25) is 0 Å². The Bertz CT molecular complexity index is 2120. The summed E-state index contributed by atoms with van der Waals surface area (Å²) >= 11 is 0. The van der Waals surface area contributed by atoms with Crippen molar-refractivity contribution < 1.29 is 41.4 Å². The van der Waals surface area contributed by atoms with Crippen molar-refractivity contribution >= 4 is 27.5 Å². The van der Waals surface area contributed by atoms with Crippen LogP contribution in [-0.2, 0) is 24.7 Å². The maximum absolute atomic E-state index is 16.4. The minimum atomic E-state index is -3.95. The van der Waals surface area contributed by atoms with Gasteiger partial charge in [-0.3, -0.25) is 9.69 Å². The summed E-state index contributed by atoms with van der Waals surface area (Å²) in [4.78, 5) is 31.9. The number of halogens is 2. The van der Waals surface area contributed by atoms with E-state index in [0.717, 1.165) is 69.4 Å². The van der Waals surface area contributed by atoms with E-state index < -0.39 is 39.2 Å². The molecular weight excluding hydrogens is 805 g/mol. The Labute approximate surface area is 358 Å². The molecule has 4 atom stereocenters. The third kappa shape index (κ3) is 10.1. The normalized spacial score (nSPS) is 22.5. The summed E-state index contributed by atoms with van der Waals surface area (Å²) in [5, 5.41) is 15.4. The Balaban J connectivity index is 0.970. The lowest BCUT2D eigenvalue weighted by Crippen LogP contribution is -2.65. The number of anilines is 1. The largest absolute Gasteiger partial charge is 0.453 e. The van der Waals surface area contributed by atoms with Crippen LogP contribution in [0.25, 0.3) is 0 Å². The summed E-state index contributed by atoms with van der Waals surface area (Å²) in [6, 6.07) is 19.2. The van der Waals surface area contributed by atoms with Gasteiger partial charge in [0.25, 0.3) is 5.91 Å². The number of sulfone groups is 1. The van der Waals surface area contributed by atoms with Crippen molar-refractivity contribution in [1.29, 1.82) is 0 Å². The van der Waals surface area contributed by atoms with Crippen LogP contribution < -0.4 is 15.5 Å². The predicted molar refractivity (Wildman–Crippen MR) is 228 cm³/mol. The fraction of sp³-hybridized carbons (Fsp3) is 0.522. The van der Waals surface area contributed by atoms with E-state index in [-0.39, 0.29) is 65.2 Å². The van der Waals surface area contributed by atoms with Gasteiger partial charge in [0.1, 0.15) is 5.82 Å². The van der Waals surface area contributed by atoms with Crippen molar-refractivity contribution in [3.63, 3.8) is 0 Å². The van der Waals surface area contributed by atoms with Gasteiger partial charge in [-0.2, -0.15) is 0 Å². The van der Waals surface area contributed by atoms with E-state index in [1.807, 2.05) is 4.90 Å². The molecular formula is C46H59F2N5O7S. The van der Waals surface area contributed by atoms with Gasteiger partial charge in [0, 0.05) is 48.9 Å². The Kier molecular flexibility index (Phi) is 14.1. The standard InChI is InChI=1S/C46H59F2N5O7S/c1-3-60-42(54)15-7-22-49-43(55)33-9-4-12-39(27-33)61(57,58)38-18-16-37(17-19-38)53-30-45(48,31-53)29-52-25-20-34(21-26-52)46(32-51-23-8-24-51,35-10-5-11-36(47)28-35)40-13-6-14-41(40)50-44(56)59-2/h4-5,7,9-12,15-19,27-28,34,40-42,54H,3,6,8,13-14,20-26,29-32H2,1-2H3,(H,49,55)(H,50,56)/b15-7+/t40-,41-,42?,46?/m0/s1. The van der Waals surface area contributed by atoms with E-state index in [1.54, 1.807) is 37.3 Å². The smallest absolute Gasteiger partial charge is 0.407 e. The van der Waals surface area contributed by atoms with Gasteiger partial charge in [0.05, 0.1) is 30.0 Å². The zero-order valence-electron chi connectivity index (χ0n) is 35.1. The van der Waals surface area contributed by atoms with Crippen LogP contribution in [0.1, 0.15) is 61.4 Å². The second kappa shape index (κ2) is 19.3. The van der Waals surface area contributed by atoms with E-state index in [2.05, 4.69) is 26.5 Å². The molecule has 3 aromatic carbocycles. The van der Waals surface area contributed by atoms with E-state index >= 15 is 8.78 Å². The summed E-state index contributed by atoms with van der Waals surface area (Å²) in [7, 11) is -2.57. The molecule has 3 saturated heterocycles. The van der Waals surface area contributed by atoms with Crippen molar-refractivity contribution in [1.82, 2.24) is 20.4 Å². The van der Waals surface area contributed by atoms with Crippen LogP contribution in [0.3, 0.4) is 0 Å². The highest BCUT2D eigenvalue weighted by Crippen LogP contribution is 2.51. The van der Waals surface area contributed by atoms with Crippen molar-refractivity contribution in [2.45, 2.75) is 78.7 Å². The number of benzene rings is 3. The van der Waals surface area contributed by atoms with Crippen LogP contribution in [0.5, 0.6) is 0 Å².